The Morgan fingerprint density at radius 2 is 1.90 bits per heavy atom. The molecule has 1 saturated carbocycles. The van der Waals surface area contributed by atoms with E-state index in [0.29, 0.717) is 5.33 Å². The van der Waals surface area contributed by atoms with Gasteiger partial charge in [-0.3, -0.25) is 0 Å². The highest BCUT2D eigenvalue weighted by Crippen LogP contribution is 2.35. The molecule has 0 amide bonds. The van der Waals surface area contributed by atoms with Gasteiger partial charge >= 0.3 is 0 Å². The first-order valence-electron chi connectivity index (χ1n) is 6.05. The molecule has 1 N–H and O–H groups in total. The fourth-order valence-electron chi connectivity index (χ4n) is 2.37. The minimum Gasteiger partial charge on any atom is -0.207 e. The van der Waals surface area contributed by atoms with E-state index in [1.165, 1.54) is 12.1 Å². The van der Waals surface area contributed by atoms with Crippen molar-refractivity contribution >= 4 is 49.2 Å². The van der Waals surface area contributed by atoms with Crippen molar-refractivity contribution in [2.75, 3.05) is 5.33 Å². The summed E-state index contributed by atoms with van der Waals surface area (Å²) in [4.78, 5) is -0.284. The molecule has 0 unspecified atom stereocenters. The van der Waals surface area contributed by atoms with Crippen LogP contribution in [-0.2, 0) is 10.0 Å². The lowest BCUT2D eigenvalue weighted by atomic mass is 10.0. The smallest absolute Gasteiger partial charge is 0.207 e. The summed E-state index contributed by atoms with van der Waals surface area (Å²) in [6, 6.07) is 2.40. The highest BCUT2D eigenvalue weighted by atomic mass is 79.9. The van der Waals surface area contributed by atoms with E-state index in [1.807, 2.05) is 0 Å². The van der Waals surface area contributed by atoms with Gasteiger partial charge in [0.25, 0.3) is 0 Å². The Labute approximate surface area is 136 Å². The number of halogens is 4. The van der Waals surface area contributed by atoms with Gasteiger partial charge in [-0.2, -0.15) is 0 Å². The fourth-order valence-corrected chi connectivity index (χ4v) is 5.46. The van der Waals surface area contributed by atoms with Crippen LogP contribution in [0.25, 0.3) is 0 Å². The molecule has 1 aliphatic rings. The first-order chi connectivity index (χ1) is 9.31. The molecule has 0 heterocycles. The maximum Gasteiger partial charge on any atom is 0.242 e. The summed E-state index contributed by atoms with van der Waals surface area (Å²) in [6.07, 6.45) is 3.39. The van der Waals surface area contributed by atoms with Crippen LogP contribution in [0.15, 0.2) is 17.0 Å². The lowest BCUT2D eigenvalue weighted by molar-refractivity contribution is 0.437. The van der Waals surface area contributed by atoms with Crippen LogP contribution >= 0.6 is 39.1 Å². The van der Waals surface area contributed by atoms with Gasteiger partial charge in [-0.05, 0) is 25.0 Å². The van der Waals surface area contributed by atoms with Gasteiger partial charge in [-0.15, -0.1) is 0 Å². The number of sulfonamides is 1. The molecule has 8 heteroatoms. The van der Waals surface area contributed by atoms with Gasteiger partial charge in [0.05, 0.1) is 10.0 Å². The summed E-state index contributed by atoms with van der Waals surface area (Å²) < 4.78 is 41.1. The molecule has 0 bridgehead atoms. The van der Waals surface area contributed by atoms with Crippen LogP contribution in [0.4, 0.5) is 4.39 Å². The van der Waals surface area contributed by atoms with Crippen LogP contribution in [-0.4, -0.2) is 19.3 Å². The Balaban J connectivity index is 2.38. The summed E-state index contributed by atoms with van der Waals surface area (Å²) in [7, 11) is -3.89. The van der Waals surface area contributed by atoms with Gasteiger partial charge in [-0.1, -0.05) is 52.0 Å². The van der Waals surface area contributed by atoms with E-state index >= 15 is 0 Å². The van der Waals surface area contributed by atoms with E-state index in [-0.39, 0.29) is 9.92 Å². The van der Waals surface area contributed by atoms with Gasteiger partial charge in [0.1, 0.15) is 4.90 Å². The van der Waals surface area contributed by atoms with Crippen molar-refractivity contribution in [3.8, 4) is 0 Å². The maximum absolute atomic E-state index is 13.6. The van der Waals surface area contributed by atoms with Crippen LogP contribution in [0.2, 0.25) is 10.0 Å². The Morgan fingerprint density at radius 1 is 1.30 bits per heavy atom. The van der Waals surface area contributed by atoms with Crippen molar-refractivity contribution in [1.82, 2.24) is 4.72 Å². The monoisotopic (exact) mass is 403 g/mol. The molecule has 0 aliphatic heterocycles. The third-order valence-corrected chi connectivity index (χ3v) is 6.92. The second-order valence-corrected chi connectivity index (χ2v) is 7.90. The molecule has 1 fully saturated rings. The van der Waals surface area contributed by atoms with Crippen molar-refractivity contribution in [3.63, 3.8) is 0 Å². The summed E-state index contributed by atoms with van der Waals surface area (Å²) in [5.74, 6) is -0.921. The number of nitrogens with one attached hydrogen (secondary N) is 1. The number of benzene rings is 1. The van der Waals surface area contributed by atoms with Gasteiger partial charge in [-0.25, -0.2) is 17.5 Å². The standard InChI is InChI=1S/C12H13BrCl2FNO2S/c13-7-12(5-1-2-6-12)17-20(18,19)9-4-3-8(14)11(16)10(9)15/h3-4,17H,1-2,5-7H2. The predicted molar refractivity (Wildman–Crippen MR) is 81.7 cm³/mol. The van der Waals surface area contributed by atoms with Crippen molar-refractivity contribution in [2.45, 2.75) is 36.1 Å². The van der Waals surface area contributed by atoms with E-state index in [1.54, 1.807) is 0 Å². The molecular formula is C12H13BrCl2FNO2S. The molecular weight excluding hydrogens is 392 g/mol. The molecule has 3 nitrogen and oxygen atoms in total. The third-order valence-electron chi connectivity index (χ3n) is 3.46. The number of hydrogen-bond donors (Lipinski definition) is 1. The average Bonchev–Trinajstić information content (AvgIpc) is 2.84. The Bertz CT molecular complexity index is 618. The number of alkyl halides is 1. The zero-order chi connectivity index (χ0) is 15.0. The Hall–Kier alpha value is 0.120. The largest absolute Gasteiger partial charge is 0.242 e. The van der Waals surface area contributed by atoms with E-state index in [9.17, 15) is 12.8 Å². The van der Waals surface area contributed by atoms with Crippen molar-refractivity contribution in [1.29, 1.82) is 0 Å². The summed E-state index contributed by atoms with van der Waals surface area (Å²) in [5.41, 5.74) is -0.529. The fraction of sp³-hybridized carbons (Fsp3) is 0.500. The molecule has 1 aromatic carbocycles. The second-order valence-electron chi connectivity index (χ2n) is 4.90. The van der Waals surface area contributed by atoms with Crippen LogP contribution < -0.4 is 4.72 Å². The highest BCUT2D eigenvalue weighted by Gasteiger charge is 2.38. The van der Waals surface area contributed by atoms with E-state index in [0.717, 1.165) is 25.7 Å². The quantitative estimate of drug-likeness (QED) is 0.606. The zero-order valence-corrected chi connectivity index (χ0v) is 14.3. The van der Waals surface area contributed by atoms with E-state index < -0.39 is 26.4 Å². The van der Waals surface area contributed by atoms with Crippen LogP contribution in [0, 0.1) is 5.82 Å². The molecule has 0 saturated heterocycles. The topological polar surface area (TPSA) is 46.2 Å². The molecule has 1 aromatic rings. The zero-order valence-electron chi connectivity index (χ0n) is 10.4. The second kappa shape index (κ2) is 6.08. The molecule has 0 atom stereocenters. The number of rotatable bonds is 4. The molecule has 0 aromatic heterocycles. The highest BCUT2D eigenvalue weighted by molar-refractivity contribution is 9.09. The van der Waals surface area contributed by atoms with E-state index in [4.69, 9.17) is 23.2 Å². The minimum absolute atomic E-state index is 0.204. The summed E-state index contributed by atoms with van der Waals surface area (Å²) in [5, 5.41) is -0.176. The molecule has 112 valence electrons. The Morgan fingerprint density at radius 3 is 2.45 bits per heavy atom. The predicted octanol–water partition coefficient (Wildman–Crippen LogP) is 4.12. The summed E-state index contributed by atoms with van der Waals surface area (Å²) in [6.45, 7) is 0. The average molecular weight is 405 g/mol. The van der Waals surface area contributed by atoms with Gasteiger partial charge in [0.15, 0.2) is 5.82 Å². The van der Waals surface area contributed by atoms with E-state index in [2.05, 4.69) is 20.7 Å². The van der Waals surface area contributed by atoms with Gasteiger partial charge < -0.3 is 0 Å². The molecule has 20 heavy (non-hydrogen) atoms. The SMILES string of the molecule is O=S(=O)(NC1(CBr)CCCC1)c1ccc(Cl)c(F)c1Cl. The van der Waals surface area contributed by atoms with Crippen molar-refractivity contribution < 1.29 is 12.8 Å². The molecule has 2 rings (SSSR count). The van der Waals surface area contributed by atoms with Crippen LogP contribution in [0.5, 0.6) is 0 Å². The normalized spacial score (nSPS) is 18.4. The van der Waals surface area contributed by atoms with Gasteiger partial charge in [0, 0.05) is 10.9 Å². The summed E-state index contributed by atoms with van der Waals surface area (Å²) >= 11 is 14.7. The lowest BCUT2D eigenvalue weighted by Gasteiger charge is -2.27. The van der Waals surface area contributed by atoms with Crippen LogP contribution in [0.3, 0.4) is 0 Å². The molecule has 1 aliphatic carbocycles. The Kier molecular flexibility index (Phi) is 5.02. The van der Waals surface area contributed by atoms with Crippen molar-refractivity contribution in [2.24, 2.45) is 0 Å². The first kappa shape index (κ1) is 16.5. The van der Waals surface area contributed by atoms with Crippen molar-refractivity contribution in [3.05, 3.63) is 28.0 Å². The molecule has 0 radical (unpaired) electrons. The molecule has 0 spiro atoms. The number of hydrogen-bond acceptors (Lipinski definition) is 2. The van der Waals surface area contributed by atoms with Crippen LogP contribution in [0.1, 0.15) is 25.7 Å². The minimum atomic E-state index is -3.89. The first-order valence-corrected chi connectivity index (χ1v) is 9.41. The third kappa shape index (κ3) is 3.14. The maximum atomic E-state index is 13.6. The van der Waals surface area contributed by atoms with Gasteiger partial charge in [0.2, 0.25) is 10.0 Å². The lowest BCUT2D eigenvalue weighted by Crippen LogP contribution is -2.47.